The highest BCUT2D eigenvalue weighted by Crippen LogP contribution is 2.20. The molecule has 3 unspecified atom stereocenters. The average molecular weight is 292 g/mol. The molecule has 3 atom stereocenters. The lowest BCUT2D eigenvalue weighted by Crippen LogP contribution is -2.47. The Balaban J connectivity index is 1.70. The highest BCUT2D eigenvalue weighted by atomic mass is 16.3. The lowest BCUT2D eigenvalue weighted by molar-refractivity contribution is 0.147. The second-order valence-electron chi connectivity index (χ2n) is 6.68. The van der Waals surface area contributed by atoms with Gasteiger partial charge in [0.1, 0.15) is 5.76 Å². The summed E-state index contributed by atoms with van der Waals surface area (Å²) in [4.78, 5) is 2.64. The van der Waals surface area contributed by atoms with Crippen molar-refractivity contribution in [3.05, 3.63) is 24.2 Å². The zero-order valence-electron chi connectivity index (χ0n) is 14.0. The van der Waals surface area contributed by atoms with Crippen LogP contribution in [0.15, 0.2) is 22.8 Å². The van der Waals surface area contributed by atoms with Crippen molar-refractivity contribution >= 4 is 0 Å². The van der Waals surface area contributed by atoms with Gasteiger partial charge >= 0.3 is 0 Å². The van der Waals surface area contributed by atoms with Crippen molar-refractivity contribution in [2.24, 2.45) is 5.92 Å². The minimum Gasteiger partial charge on any atom is -0.469 e. The molecule has 1 aromatic heterocycles. The SMILES string of the molecule is CCCN1CCCC(C(C)NC(C)CCc2ccco2)C1. The van der Waals surface area contributed by atoms with E-state index in [0.29, 0.717) is 12.1 Å². The standard InChI is InChI=1S/C18H32N2O/c1-4-11-20-12-5-7-17(14-20)16(3)19-15(2)9-10-18-8-6-13-21-18/h6,8,13,15-17,19H,4-5,7,9-12,14H2,1-3H3. The summed E-state index contributed by atoms with van der Waals surface area (Å²) >= 11 is 0. The molecule has 0 spiro atoms. The van der Waals surface area contributed by atoms with Crippen LogP contribution in [0.5, 0.6) is 0 Å². The van der Waals surface area contributed by atoms with Crippen LogP contribution in [0.3, 0.4) is 0 Å². The topological polar surface area (TPSA) is 28.4 Å². The summed E-state index contributed by atoms with van der Waals surface area (Å²) in [6.07, 6.45) is 7.94. The second kappa shape index (κ2) is 8.60. The van der Waals surface area contributed by atoms with E-state index < -0.39 is 0 Å². The molecule has 1 aromatic rings. The Labute approximate surface area is 130 Å². The Morgan fingerprint density at radius 3 is 3.00 bits per heavy atom. The maximum Gasteiger partial charge on any atom is 0.103 e. The maximum absolute atomic E-state index is 5.41. The third kappa shape index (κ3) is 5.48. The van der Waals surface area contributed by atoms with Gasteiger partial charge in [-0.05, 0) is 70.7 Å². The monoisotopic (exact) mass is 292 g/mol. The molecule has 1 aliphatic rings. The van der Waals surface area contributed by atoms with Gasteiger partial charge in [0.25, 0.3) is 0 Å². The molecule has 0 aromatic carbocycles. The molecule has 3 nitrogen and oxygen atoms in total. The van der Waals surface area contributed by atoms with Crippen molar-refractivity contribution < 1.29 is 4.42 Å². The molecule has 0 radical (unpaired) electrons. The molecule has 0 aliphatic carbocycles. The number of likely N-dealkylation sites (tertiary alicyclic amines) is 1. The Kier molecular flexibility index (Phi) is 6.78. The van der Waals surface area contributed by atoms with Crippen molar-refractivity contribution in [1.29, 1.82) is 0 Å². The van der Waals surface area contributed by atoms with Crippen molar-refractivity contribution in [1.82, 2.24) is 10.2 Å². The van der Waals surface area contributed by atoms with E-state index in [4.69, 9.17) is 4.42 Å². The Hall–Kier alpha value is -0.800. The molecule has 2 heterocycles. The van der Waals surface area contributed by atoms with Crippen molar-refractivity contribution in [2.75, 3.05) is 19.6 Å². The smallest absolute Gasteiger partial charge is 0.103 e. The van der Waals surface area contributed by atoms with Crippen LogP contribution in [0.25, 0.3) is 0 Å². The summed E-state index contributed by atoms with van der Waals surface area (Å²) < 4.78 is 5.41. The number of piperidine rings is 1. The molecule has 2 rings (SSSR count). The largest absolute Gasteiger partial charge is 0.469 e. The molecule has 21 heavy (non-hydrogen) atoms. The van der Waals surface area contributed by atoms with Gasteiger partial charge in [0, 0.05) is 25.0 Å². The fourth-order valence-corrected chi connectivity index (χ4v) is 3.50. The molecule has 1 saturated heterocycles. The summed E-state index contributed by atoms with van der Waals surface area (Å²) in [6, 6.07) is 5.20. The number of aryl methyl sites for hydroxylation is 1. The summed E-state index contributed by atoms with van der Waals surface area (Å²) in [5.74, 6) is 1.90. The van der Waals surface area contributed by atoms with Gasteiger partial charge in [-0.15, -0.1) is 0 Å². The Bertz CT molecular complexity index is 375. The van der Waals surface area contributed by atoms with Gasteiger partial charge in [0.05, 0.1) is 6.26 Å². The fraction of sp³-hybridized carbons (Fsp3) is 0.778. The number of furan rings is 1. The molecule has 0 amide bonds. The number of hydrogen-bond acceptors (Lipinski definition) is 3. The molecular weight excluding hydrogens is 260 g/mol. The zero-order valence-corrected chi connectivity index (χ0v) is 14.0. The quantitative estimate of drug-likeness (QED) is 0.792. The van der Waals surface area contributed by atoms with E-state index in [-0.39, 0.29) is 0 Å². The number of nitrogens with zero attached hydrogens (tertiary/aromatic N) is 1. The molecule has 1 N–H and O–H groups in total. The van der Waals surface area contributed by atoms with Gasteiger partial charge < -0.3 is 14.6 Å². The van der Waals surface area contributed by atoms with Gasteiger partial charge in [-0.2, -0.15) is 0 Å². The first-order chi connectivity index (χ1) is 10.2. The van der Waals surface area contributed by atoms with E-state index in [9.17, 15) is 0 Å². The number of hydrogen-bond donors (Lipinski definition) is 1. The number of rotatable bonds is 8. The molecule has 3 heteroatoms. The van der Waals surface area contributed by atoms with Gasteiger partial charge in [-0.1, -0.05) is 6.92 Å². The molecule has 120 valence electrons. The highest BCUT2D eigenvalue weighted by Gasteiger charge is 2.24. The second-order valence-corrected chi connectivity index (χ2v) is 6.68. The predicted octanol–water partition coefficient (Wildman–Crippen LogP) is 3.70. The summed E-state index contributed by atoms with van der Waals surface area (Å²) in [5, 5.41) is 3.81. The number of nitrogens with one attached hydrogen (secondary N) is 1. The van der Waals surface area contributed by atoms with Crippen LogP contribution in [0.2, 0.25) is 0 Å². The first-order valence-electron chi connectivity index (χ1n) is 8.69. The van der Waals surface area contributed by atoms with E-state index in [1.165, 1.54) is 38.9 Å². The van der Waals surface area contributed by atoms with Crippen LogP contribution in [-0.2, 0) is 6.42 Å². The molecule has 1 fully saturated rings. The summed E-state index contributed by atoms with van der Waals surface area (Å²) in [6.45, 7) is 10.8. The summed E-state index contributed by atoms with van der Waals surface area (Å²) in [7, 11) is 0. The molecule has 1 aliphatic heterocycles. The predicted molar refractivity (Wildman–Crippen MR) is 88.5 cm³/mol. The first-order valence-corrected chi connectivity index (χ1v) is 8.69. The lowest BCUT2D eigenvalue weighted by atomic mass is 9.91. The first kappa shape index (κ1) is 16.6. The third-order valence-corrected chi connectivity index (χ3v) is 4.74. The highest BCUT2D eigenvalue weighted by molar-refractivity contribution is 4.98. The van der Waals surface area contributed by atoms with Crippen molar-refractivity contribution in [3.8, 4) is 0 Å². The maximum atomic E-state index is 5.41. The third-order valence-electron chi connectivity index (χ3n) is 4.74. The van der Waals surface area contributed by atoms with Crippen LogP contribution in [0.1, 0.15) is 52.2 Å². The van der Waals surface area contributed by atoms with Crippen molar-refractivity contribution in [3.63, 3.8) is 0 Å². The summed E-state index contributed by atoms with van der Waals surface area (Å²) in [5.41, 5.74) is 0. The van der Waals surface area contributed by atoms with Gasteiger partial charge in [0.2, 0.25) is 0 Å². The van der Waals surface area contributed by atoms with E-state index in [0.717, 1.165) is 24.5 Å². The molecule has 0 saturated carbocycles. The normalized spacial score (nSPS) is 23.1. The van der Waals surface area contributed by atoms with E-state index >= 15 is 0 Å². The van der Waals surface area contributed by atoms with Crippen LogP contribution < -0.4 is 5.32 Å². The van der Waals surface area contributed by atoms with Crippen LogP contribution in [-0.4, -0.2) is 36.6 Å². The Morgan fingerprint density at radius 2 is 2.29 bits per heavy atom. The lowest BCUT2D eigenvalue weighted by Gasteiger charge is -2.37. The van der Waals surface area contributed by atoms with Crippen LogP contribution >= 0.6 is 0 Å². The molecular formula is C18H32N2O. The minimum atomic E-state index is 0.548. The van der Waals surface area contributed by atoms with Crippen molar-refractivity contribution in [2.45, 2.75) is 65.0 Å². The molecule has 0 bridgehead atoms. The average Bonchev–Trinajstić information content (AvgIpc) is 2.99. The van der Waals surface area contributed by atoms with E-state index in [1.807, 2.05) is 6.07 Å². The van der Waals surface area contributed by atoms with Crippen LogP contribution in [0, 0.1) is 5.92 Å². The van der Waals surface area contributed by atoms with E-state index in [2.05, 4.69) is 37.1 Å². The van der Waals surface area contributed by atoms with Gasteiger partial charge in [0.15, 0.2) is 0 Å². The van der Waals surface area contributed by atoms with Gasteiger partial charge in [-0.25, -0.2) is 0 Å². The zero-order chi connectivity index (χ0) is 15.1. The van der Waals surface area contributed by atoms with Gasteiger partial charge in [-0.3, -0.25) is 0 Å². The Morgan fingerprint density at radius 1 is 1.43 bits per heavy atom. The van der Waals surface area contributed by atoms with Crippen LogP contribution in [0.4, 0.5) is 0 Å². The minimum absolute atomic E-state index is 0.548. The fourth-order valence-electron chi connectivity index (χ4n) is 3.50. The van der Waals surface area contributed by atoms with E-state index in [1.54, 1.807) is 6.26 Å².